The number of hydrogen-bond acceptors (Lipinski definition) is 6. The fourth-order valence-electron chi connectivity index (χ4n) is 2.57. The molecule has 1 aromatic carbocycles. The van der Waals surface area contributed by atoms with Crippen LogP contribution in [-0.4, -0.2) is 60.5 Å². The number of fused-ring (bicyclic) bond motifs is 1. The van der Waals surface area contributed by atoms with Crippen LogP contribution in [0.25, 0.3) is 0 Å². The molecule has 0 bridgehead atoms. The molecular weight excluding hydrogens is 333 g/mol. The van der Waals surface area contributed by atoms with Gasteiger partial charge in [0.2, 0.25) is 5.90 Å². The number of rotatable bonds is 2. The first-order valence-electron chi connectivity index (χ1n) is 6.71. The van der Waals surface area contributed by atoms with E-state index in [9.17, 15) is 10.2 Å². The van der Waals surface area contributed by atoms with Crippen molar-refractivity contribution in [1.29, 1.82) is 0 Å². The van der Waals surface area contributed by atoms with E-state index in [1.54, 1.807) is 18.2 Å². The number of methoxy groups -OCH3 is 1. The number of hydrogen-bond donors (Lipinski definition) is 2. The molecule has 0 radical (unpaired) electrons. The Hall–Kier alpha value is -0.890. The average Bonchev–Trinajstić information content (AvgIpc) is 2.49. The summed E-state index contributed by atoms with van der Waals surface area (Å²) in [7, 11) is 1.40. The molecule has 2 N–H and O–H groups in total. The largest absolute Gasteiger partial charge is 0.468 e. The number of aliphatic imine (C=N–C) groups is 1. The standard InChI is InChI=1S/C14H15Cl2NO5/c1-20-14-11(19)10(18)12-9(21-14)5-17-13(22-12)6-2-7(15)4-8(16)3-6/h2-4,9-12,14,18-19H,5H2,1H3/t9-,10-,11-,12-,14+/m1/s1. The zero-order valence-corrected chi connectivity index (χ0v) is 13.2. The van der Waals surface area contributed by atoms with Crippen LogP contribution in [0.15, 0.2) is 23.2 Å². The summed E-state index contributed by atoms with van der Waals surface area (Å²) in [6.07, 6.45) is -4.50. The lowest BCUT2D eigenvalue weighted by Crippen LogP contribution is -2.61. The Balaban J connectivity index is 1.85. The van der Waals surface area contributed by atoms with Gasteiger partial charge in [-0.3, -0.25) is 0 Å². The van der Waals surface area contributed by atoms with Gasteiger partial charge >= 0.3 is 0 Å². The number of benzene rings is 1. The normalized spacial score (nSPS) is 34.6. The van der Waals surface area contributed by atoms with Gasteiger partial charge in [-0.25, -0.2) is 4.99 Å². The van der Waals surface area contributed by atoms with Gasteiger partial charge in [0.15, 0.2) is 12.4 Å². The van der Waals surface area contributed by atoms with E-state index in [1.165, 1.54) is 7.11 Å². The Morgan fingerprint density at radius 1 is 1.18 bits per heavy atom. The number of nitrogens with zero attached hydrogens (tertiary/aromatic N) is 1. The lowest BCUT2D eigenvalue weighted by atomic mass is 9.97. The van der Waals surface area contributed by atoms with Crippen LogP contribution in [0.4, 0.5) is 0 Å². The predicted molar refractivity (Wildman–Crippen MR) is 80.4 cm³/mol. The predicted octanol–water partition coefficient (Wildman–Crippen LogP) is 1.23. The highest BCUT2D eigenvalue weighted by atomic mass is 35.5. The van der Waals surface area contributed by atoms with Gasteiger partial charge in [0.25, 0.3) is 0 Å². The molecule has 5 atom stereocenters. The zero-order valence-electron chi connectivity index (χ0n) is 11.6. The molecular formula is C14H15Cl2NO5. The van der Waals surface area contributed by atoms with Crippen LogP contribution in [-0.2, 0) is 14.2 Å². The van der Waals surface area contributed by atoms with Crippen molar-refractivity contribution >= 4 is 29.1 Å². The molecule has 2 heterocycles. The third-order valence-electron chi connectivity index (χ3n) is 3.65. The summed E-state index contributed by atoms with van der Waals surface area (Å²) >= 11 is 11.9. The topological polar surface area (TPSA) is 80.5 Å². The molecule has 2 aliphatic heterocycles. The molecule has 6 nitrogen and oxygen atoms in total. The van der Waals surface area contributed by atoms with E-state index in [2.05, 4.69) is 4.99 Å². The Bertz CT molecular complexity index is 576. The molecule has 0 spiro atoms. The summed E-state index contributed by atoms with van der Waals surface area (Å²) < 4.78 is 16.2. The highest BCUT2D eigenvalue weighted by Crippen LogP contribution is 2.29. The van der Waals surface area contributed by atoms with Crippen LogP contribution in [0.2, 0.25) is 10.0 Å². The van der Waals surface area contributed by atoms with Crippen molar-refractivity contribution in [2.75, 3.05) is 13.7 Å². The molecule has 0 amide bonds. The second kappa shape index (κ2) is 6.31. The lowest BCUT2D eigenvalue weighted by molar-refractivity contribution is -0.287. The minimum Gasteiger partial charge on any atom is -0.468 e. The van der Waals surface area contributed by atoms with E-state index in [0.29, 0.717) is 21.5 Å². The van der Waals surface area contributed by atoms with Crippen molar-refractivity contribution in [1.82, 2.24) is 0 Å². The fraction of sp³-hybridized carbons (Fsp3) is 0.500. The number of aliphatic hydroxyl groups is 2. The van der Waals surface area contributed by atoms with Gasteiger partial charge in [-0.1, -0.05) is 23.2 Å². The summed E-state index contributed by atoms with van der Waals surface area (Å²) in [5, 5.41) is 21.1. The zero-order chi connectivity index (χ0) is 15.9. The SMILES string of the molecule is CO[C@H]1O[C@@H]2CN=C(c3cc(Cl)cc(Cl)c3)O[C@H]2[C@H](O)[C@H]1O. The van der Waals surface area contributed by atoms with Crippen LogP contribution >= 0.6 is 23.2 Å². The molecule has 0 saturated carbocycles. The molecule has 1 saturated heterocycles. The van der Waals surface area contributed by atoms with Crippen molar-refractivity contribution in [2.45, 2.75) is 30.7 Å². The van der Waals surface area contributed by atoms with E-state index in [1.807, 2.05) is 0 Å². The monoisotopic (exact) mass is 347 g/mol. The minimum absolute atomic E-state index is 0.272. The van der Waals surface area contributed by atoms with Crippen LogP contribution < -0.4 is 0 Å². The first-order chi connectivity index (χ1) is 10.5. The van der Waals surface area contributed by atoms with Gasteiger partial charge < -0.3 is 24.4 Å². The molecule has 8 heteroatoms. The third kappa shape index (κ3) is 2.95. The van der Waals surface area contributed by atoms with Crippen molar-refractivity contribution in [3.05, 3.63) is 33.8 Å². The van der Waals surface area contributed by atoms with Crippen molar-refractivity contribution in [3.63, 3.8) is 0 Å². The van der Waals surface area contributed by atoms with Gasteiger partial charge in [0.05, 0.1) is 6.54 Å². The van der Waals surface area contributed by atoms with Gasteiger partial charge in [0.1, 0.15) is 18.3 Å². The highest BCUT2D eigenvalue weighted by molar-refractivity contribution is 6.35. The first-order valence-corrected chi connectivity index (χ1v) is 7.47. The summed E-state index contributed by atoms with van der Waals surface area (Å²) in [6, 6.07) is 4.93. The highest BCUT2D eigenvalue weighted by Gasteiger charge is 2.48. The number of ether oxygens (including phenoxy) is 3. The molecule has 3 rings (SSSR count). The summed E-state index contributed by atoms with van der Waals surface area (Å²) in [5.74, 6) is 0.302. The molecule has 1 fully saturated rings. The van der Waals surface area contributed by atoms with Gasteiger partial charge in [-0.2, -0.15) is 0 Å². The van der Waals surface area contributed by atoms with Crippen LogP contribution in [0.3, 0.4) is 0 Å². The second-order valence-electron chi connectivity index (χ2n) is 5.15. The van der Waals surface area contributed by atoms with Crippen molar-refractivity contribution in [3.8, 4) is 0 Å². The van der Waals surface area contributed by atoms with Crippen LogP contribution in [0, 0.1) is 0 Å². The molecule has 1 aromatic rings. The van der Waals surface area contributed by atoms with Gasteiger partial charge in [-0.05, 0) is 18.2 Å². The fourth-order valence-corrected chi connectivity index (χ4v) is 3.09. The van der Waals surface area contributed by atoms with E-state index in [-0.39, 0.29) is 6.54 Å². The Labute approximate surface area is 137 Å². The molecule has 22 heavy (non-hydrogen) atoms. The minimum atomic E-state index is -1.20. The van der Waals surface area contributed by atoms with E-state index in [0.717, 1.165) is 0 Å². The molecule has 2 aliphatic rings. The second-order valence-corrected chi connectivity index (χ2v) is 6.02. The molecule has 0 aromatic heterocycles. The van der Waals surface area contributed by atoms with Crippen LogP contribution in [0.1, 0.15) is 5.56 Å². The maximum atomic E-state index is 10.2. The van der Waals surface area contributed by atoms with Crippen molar-refractivity contribution in [2.24, 2.45) is 4.99 Å². The Kier molecular flexibility index (Phi) is 4.59. The van der Waals surface area contributed by atoms with E-state index < -0.39 is 30.7 Å². The lowest BCUT2D eigenvalue weighted by Gasteiger charge is -2.43. The van der Waals surface area contributed by atoms with Crippen molar-refractivity contribution < 1.29 is 24.4 Å². The van der Waals surface area contributed by atoms with Gasteiger partial charge in [0, 0.05) is 22.7 Å². The maximum absolute atomic E-state index is 10.2. The van der Waals surface area contributed by atoms with Gasteiger partial charge in [-0.15, -0.1) is 0 Å². The molecule has 120 valence electrons. The smallest absolute Gasteiger partial charge is 0.216 e. The Morgan fingerprint density at radius 2 is 1.86 bits per heavy atom. The van der Waals surface area contributed by atoms with Crippen LogP contribution in [0.5, 0.6) is 0 Å². The summed E-state index contributed by atoms with van der Waals surface area (Å²) in [5.41, 5.74) is 0.603. The number of aliphatic hydroxyl groups excluding tert-OH is 2. The summed E-state index contributed by atoms with van der Waals surface area (Å²) in [4.78, 5) is 4.30. The molecule has 0 unspecified atom stereocenters. The van der Waals surface area contributed by atoms with E-state index >= 15 is 0 Å². The number of halogens is 2. The Morgan fingerprint density at radius 3 is 2.50 bits per heavy atom. The van der Waals surface area contributed by atoms with E-state index in [4.69, 9.17) is 37.4 Å². The average molecular weight is 348 g/mol. The molecule has 0 aliphatic carbocycles. The third-order valence-corrected chi connectivity index (χ3v) is 4.08. The quantitative estimate of drug-likeness (QED) is 0.840. The maximum Gasteiger partial charge on any atom is 0.216 e. The first kappa shape index (κ1) is 16.0. The summed E-state index contributed by atoms with van der Waals surface area (Å²) in [6.45, 7) is 0.272.